The maximum atomic E-state index is 3.65. The van der Waals surface area contributed by atoms with Crippen LogP contribution in [0.5, 0.6) is 0 Å². The van der Waals surface area contributed by atoms with Crippen LogP contribution < -0.4 is 5.32 Å². The lowest BCUT2D eigenvalue weighted by atomic mass is 10.00. The quantitative estimate of drug-likeness (QED) is 0.752. The average molecular weight is 247 g/mol. The number of nitrogens with one attached hydrogen (secondary N) is 1. The Balaban J connectivity index is 2.48. The number of hydrogen-bond donors (Lipinski definition) is 1. The molecule has 0 saturated carbocycles. The maximum Gasteiger partial charge on any atom is 0.0208 e. The lowest BCUT2D eigenvalue weighted by Crippen LogP contribution is -2.32. The molecule has 102 valence electrons. The topological polar surface area (TPSA) is 12.0 Å². The highest BCUT2D eigenvalue weighted by atomic mass is 14.9. The zero-order valence-electron chi connectivity index (χ0n) is 12.7. The smallest absolute Gasteiger partial charge is 0.0208 e. The summed E-state index contributed by atoms with van der Waals surface area (Å²) in [6.07, 6.45) is 2.38. The van der Waals surface area contributed by atoms with Gasteiger partial charge in [0.25, 0.3) is 0 Å². The van der Waals surface area contributed by atoms with E-state index in [4.69, 9.17) is 0 Å². The van der Waals surface area contributed by atoms with Crippen molar-refractivity contribution in [2.24, 2.45) is 11.8 Å². The second-order valence-corrected chi connectivity index (χ2v) is 6.05. The van der Waals surface area contributed by atoms with Crippen LogP contribution in [0, 0.1) is 11.8 Å². The van der Waals surface area contributed by atoms with Crippen LogP contribution in [0.2, 0.25) is 0 Å². The van der Waals surface area contributed by atoms with Crippen LogP contribution in [-0.2, 0) is 13.0 Å². The van der Waals surface area contributed by atoms with Gasteiger partial charge in [0.05, 0.1) is 0 Å². The van der Waals surface area contributed by atoms with E-state index in [9.17, 15) is 0 Å². The Labute approximate surface area is 113 Å². The van der Waals surface area contributed by atoms with Crippen LogP contribution in [0.3, 0.4) is 0 Å². The first-order chi connectivity index (χ1) is 8.52. The van der Waals surface area contributed by atoms with E-state index < -0.39 is 0 Å². The molecule has 1 heteroatoms. The summed E-state index contributed by atoms with van der Waals surface area (Å²) in [5.74, 6) is 1.44. The van der Waals surface area contributed by atoms with Gasteiger partial charge in [0, 0.05) is 12.6 Å². The van der Waals surface area contributed by atoms with Crippen LogP contribution in [0.25, 0.3) is 0 Å². The van der Waals surface area contributed by atoms with Gasteiger partial charge in [-0.25, -0.2) is 0 Å². The lowest BCUT2D eigenvalue weighted by molar-refractivity contribution is 0.387. The van der Waals surface area contributed by atoms with Crippen molar-refractivity contribution in [3.63, 3.8) is 0 Å². The number of benzene rings is 1. The van der Waals surface area contributed by atoms with Crippen LogP contribution in [-0.4, -0.2) is 6.04 Å². The van der Waals surface area contributed by atoms with Gasteiger partial charge in [0.15, 0.2) is 0 Å². The molecule has 0 aliphatic carbocycles. The van der Waals surface area contributed by atoms with Gasteiger partial charge in [0.1, 0.15) is 0 Å². The molecule has 1 unspecified atom stereocenters. The first-order valence-corrected chi connectivity index (χ1v) is 7.34. The Kier molecular flexibility index (Phi) is 6.42. The van der Waals surface area contributed by atoms with Crippen molar-refractivity contribution in [3.8, 4) is 0 Å². The molecule has 0 heterocycles. The molecular weight excluding hydrogens is 218 g/mol. The Morgan fingerprint density at radius 1 is 0.944 bits per heavy atom. The van der Waals surface area contributed by atoms with Crippen LogP contribution in [0.1, 0.15) is 52.2 Å². The second kappa shape index (κ2) is 7.58. The molecule has 18 heavy (non-hydrogen) atoms. The Hall–Kier alpha value is -0.820. The third-order valence-corrected chi connectivity index (χ3v) is 3.48. The van der Waals surface area contributed by atoms with Gasteiger partial charge in [-0.3, -0.25) is 0 Å². The standard InChI is InChI=1S/C17H29N/c1-6-17(14(4)5)18-12-16-9-7-15(8-10-16)11-13(2)3/h7-10,13-14,17-18H,6,11-12H2,1-5H3. The summed E-state index contributed by atoms with van der Waals surface area (Å²) < 4.78 is 0. The van der Waals surface area contributed by atoms with Gasteiger partial charge >= 0.3 is 0 Å². The van der Waals surface area contributed by atoms with Gasteiger partial charge in [-0.05, 0) is 35.8 Å². The fourth-order valence-corrected chi connectivity index (χ4v) is 2.36. The van der Waals surface area contributed by atoms with Gasteiger partial charge < -0.3 is 5.32 Å². The van der Waals surface area contributed by atoms with E-state index in [1.54, 1.807) is 0 Å². The second-order valence-electron chi connectivity index (χ2n) is 6.05. The van der Waals surface area contributed by atoms with Gasteiger partial charge in [0.2, 0.25) is 0 Å². The first kappa shape index (κ1) is 15.2. The van der Waals surface area contributed by atoms with Gasteiger partial charge in [-0.1, -0.05) is 58.9 Å². The molecular formula is C17H29N. The van der Waals surface area contributed by atoms with Crippen LogP contribution in [0.15, 0.2) is 24.3 Å². The highest BCUT2D eigenvalue weighted by Crippen LogP contribution is 2.11. The largest absolute Gasteiger partial charge is 0.310 e. The van der Waals surface area contributed by atoms with Crippen LogP contribution >= 0.6 is 0 Å². The molecule has 0 aliphatic heterocycles. The Morgan fingerprint density at radius 2 is 1.50 bits per heavy atom. The minimum absolute atomic E-state index is 0.625. The maximum absolute atomic E-state index is 3.65. The van der Waals surface area contributed by atoms with E-state index in [-0.39, 0.29) is 0 Å². The summed E-state index contributed by atoms with van der Waals surface area (Å²) in [4.78, 5) is 0. The van der Waals surface area contributed by atoms with Crippen molar-refractivity contribution in [2.75, 3.05) is 0 Å². The third kappa shape index (κ3) is 5.22. The SMILES string of the molecule is CCC(NCc1ccc(CC(C)C)cc1)C(C)C. The summed E-state index contributed by atoms with van der Waals surface area (Å²) in [5, 5.41) is 3.65. The van der Waals surface area contributed by atoms with E-state index in [2.05, 4.69) is 64.2 Å². The fraction of sp³-hybridized carbons (Fsp3) is 0.647. The summed E-state index contributed by atoms with van der Waals surface area (Å²) in [6, 6.07) is 9.69. The molecule has 0 spiro atoms. The molecule has 0 aliphatic rings. The minimum atomic E-state index is 0.625. The lowest BCUT2D eigenvalue weighted by Gasteiger charge is -2.20. The van der Waals surface area contributed by atoms with Crippen molar-refractivity contribution >= 4 is 0 Å². The summed E-state index contributed by atoms with van der Waals surface area (Å²) >= 11 is 0. The first-order valence-electron chi connectivity index (χ1n) is 7.34. The molecule has 1 atom stereocenters. The van der Waals surface area contributed by atoms with E-state index in [0.29, 0.717) is 12.0 Å². The highest BCUT2D eigenvalue weighted by Gasteiger charge is 2.09. The molecule has 1 nitrogen and oxygen atoms in total. The zero-order valence-corrected chi connectivity index (χ0v) is 12.7. The molecule has 1 aromatic rings. The molecule has 1 rings (SSSR count). The van der Waals surface area contributed by atoms with E-state index in [1.807, 2.05) is 0 Å². The Morgan fingerprint density at radius 3 is 1.94 bits per heavy atom. The molecule has 1 N–H and O–H groups in total. The highest BCUT2D eigenvalue weighted by molar-refractivity contribution is 5.22. The molecule has 0 fully saturated rings. The predicted octanol–water partition coefficient (Wildman–Crippen LogP) is 4.41. The van der Waals surface area contributed by atoms with Crippen LogP contribution in [0.4, 0.5) is 0 Å². The van der Waals surface area contributed by atoms with E-state index >= 15 is 0 Å². The van der Waals surface area contributed by atoms with Crippen molar-refractivity contribution in [1.29, 1.82) is 0 Å². The van der Waals surface area contributed by atoms with Crippen molar-refractivity contribution in [3.05, 3.63) is 35.4 Å². The van der Waals surface area contributed by atoms with Crippen molar-refractivity contribution in [2.45, 2.75) is 60.0 Å². The summed E-state index contributed by atoms with van der Waals surface area (Å²) in [7, 11) is 0. The van der Waals surface area contributed by atoms with Crippen molar-refractivity contribution in [1.82, 2.24) is 5.32 Å². The predicted molar refractivity (Wildman–Crippen MR) is 80.7 cm³/mol. The number of rotatable bonds is 7. The third-order valence-electron chi connectivity index (χ3n) is 3.48. The average Bonchev–Trinajstić information content (AvgIpc) is 2.31. The Bertz CT molecular complexity index is 324. The van der Waals surface area contributed by atoms with E-state index in [0.717, 1.165) is 12.5 Å². The molecule has 0 saturated heterocycles. The summed E-state index contributed by atoms with van der Waals surface area (Å²) in [5.41, 5.74) is 2.84. The fourth-order valence-electron chi connectivity index (χ4n) is 2.36. The van der Waals surface area contributed by atoms with Gasteiger partial charge in [-0.15, -0.1) is 0 Å². The molecule has 0 radical (unpaired) electrons. The molecule has 0 amide bonds. The molecule has 0 bridgehead atoms. The molecule has 1 aromatic carbocycles. The number of hydrogen-bond acceptors (Lipinski definition) is 1. The van der Waals surface area contributed by atoms with E-state index in [1.165, 1.54) is 24.0 Å². The zero-order chi connectivity index (χ0) is 13.5. The van der Waals surface area contributed by atoms with Gasteiger partial charge in [-0.2, -0.15) is 0 Å². The summed E-state index contributed by atoms with van der Waals surface area (Å²) in [6.45, 7) is 12.3. The monoisotopic (exact) mass is 247 g/mol. The van der Waals surface area contributed by atoms with Crippen molar-refractivity contribution < 1.29 is 0 Å². The molecule has 0 aromatic heterocycles. The normalized spacial score (nSPS) is 13.3. The minimum Gasteiger partial charge on any atom is -0.310 e.